The first-order chi connectivity index (χ1) is 27.7. The second kappa shape index (κ2) is 34.0. The van der Waals surface area contributed by atoms with Crippen molar-refractivity contribution in [3.63, 3.8) is 0 Å². The Morgan fingerprint density at radius 1 is 0.638 bits per heavy atom. The molecule has 0 bridgehead atoms. The number of carbonyl (C=O) groups excluding carboxylic acids is 2. The van der Waals surface area contributed by atoms with Crippen LogP contribution in [0.5, 0.6) is 0 Å². The SMILES string of the molecule is CCCCC/C=C\C/C=C\CC1OC1C/C=C\CCCC(=O)O[C@H](COC(=O)CCCCCCCCCCCCC(C)C)COP(=O)(O)OC[C@@H](O)COP(=O)(O)O. The van der Waals surface area contributed by atoms with Gasteiger partial charge in [-0.2, -0.15) is 0 Å². The summed E-state index contributed by atoms with van der Waals surface area (Å²) in [5, 5.41) is 9.74. The fourth-order valence-electron chi connectivity index (χ4n) is 5.92. The number of esters is 2. The van der Waals surface area contributed by atoms with Crippen LogP contribution in [-0.4, -0.2) is 82.6 Å². The van der Waals surface area contributed by atoms with Crippen LogP contribution in [0, 0.1) is 5.92 Å². The maximum absolute atomic E-state index is 12.7. The van der Waals surface area contributed by atoms with Gasteiger partial charge in [0.15, 0.2) is 6.10 Å². The zero-order valence-electron chi connectivity index (χ0n) is 35.5. The molecule has 1 heterocycles. The number of hydrogen-bond acceptors (Lipinski definition) is 11. The smallest absolute Gasteiger partial charge is 0.462 e. The van der Waals surface area contributed by atoms with Crippen LogP contribution in [0.3, 0.4) is 0 Å². The van der Waals surface area contributed by atoms with Crippen LogP contribution >= 0.6 is 15.6 Å². The summed E-state index contributed by atoms with van der Waals surface area (Å²) in [5.74, 6) is -0.334. The molecule has 4 N–H and O–H groups in total. The van der Waals surface area contributed by atoms with E-state index in [1.807, 2.05) is 12.2 Å². The second-order valence-corrected chi connectivity index (χ2v) is 18.2. The van der Waals surface area contributed by atoms with Crippen LogP contribution in [0.25, 0.3) is 0 Å². The van der Waals surface area contributed by atoms with Crippen LogP contribution in [0.15, 0.2) is 36.5 Å². The largest absolute Gasteiger partial charge is 0.472 e. The summed E-state index contributed by atoms with van der Waals surface area (Å²) in [6, 6.07) is 0. The molecule has 1 rings (SSSR count). The highest BCUT2D eigenvalue weighted by atomic mass is 31.2. The Hall–Kier alpha value is -1.70. The molecular formula is C42H76O14P2. The van der Waals surface area contributed by atoms with Gasteiger partial charge in [0.1, 0.15) is 12.7 Å². The van der Waals surface area contributed by atoms with Crippen molar-refractivity contribution in [1.82, 2.24) is 0 Å². The van der Waals surface area contributed by atoms with E-state index in [2.05, 4.69) is 54.1 Å². The van der Waals surface area contributed by atoms with E-state index >= 15 is 0 Å². The fourth-order valence-corrected chi connectivity index (χ4v) is 7.07. The third-order valence-corrected chi connectivity index (χ3v) is 10.8. The highest BCUT2D eigenvalue weighted by Gasteiger charge is 2.36. The summed E-state index contributed by atoms with van der Waals surface area (Å²) in [6.45, 7) is 3.95. The molecule has 58 heavy (non-hydrogen) atoms. The Bertz CT molecular complexity index is 1250. The monoisotopic (exact) mass is 866 g/mol. The van der Waals surface area contributed by atoms with Gasteiger partial charge < -0.3 is 34.0 Å². The van der Waals surface area contributed by atoms with E-state index in [9.17, 15) is 28.7 Å². The topological polar surface area (TPSA) is 208 Å². The molecule has 16 heteroatoms. The van der Waals surface area contributed by atoms with Gasteiger partial charge in [0.05, 0.1) is 32.0 Å². The molecule has 14 nitrogen and oxygen atoms in total. The quantitative estimate of drug-likeness (QED) is 0.0149. The minimum Gasteiger partial charge on any atom is -0.462 e. The minimum atomic E-state index is -4.87. The van der Waals surface area contributed by atoms with Gasteiger partial charge in [0, 0.05) is 12.8 Å². The Kier molecular flexibility index (Phi) is 31.8. The molecule has 0 radical (unpaired) electrons. The summed E-state index contributed by atoms with van der Waals surface area (Å²) < 4.78 is 53.5. The third-order valence-electron chi connectivity index (χ3n) is 9.35. The molecule has 1 aliphatic heterocycles. The second-order valence-electron chi connectivity index (χ2n) is 15.5. The fraction of sp³-hybridized carbons (Fsp3) is 0.810. The number of aliphatic hydroxyl groups is 1. The lowest BCUT2D eigenvalue weighted by Crippen LogP contribution is -2.29. The standard InChI is InChI=1S/C42H76O14P2/c1-4-5-6-7-8-11-15-18-23-28-39-40(56-39)29-24-20-21-26-31-42(45)55-38(35-54-58(49,50)53-33-37(43)32-52-57(46,47)48)34-51-41(44)30-25-19-16-13-10-9-12-14-17-22-27-36(2)3/h8,11,18,20,23-24,36-40,43H,4-7,9-10,12-17,19,21-22,25-35H2,1-3H3,(H,49,50)(H2,46,47,48)/b11-8-,23-18-,24-20-/t37-,38+,39?,40?/m0/s1. The van der Waals surface area contributed by atoms with Crippen LogP contribution in [0.1, 0.15) is 162 Å². The Morgan fingerprint density at radius 3 is 1.81 bits per heavy atom. The third kappa shape index (κ3) is 35.1. The molecule has 338 valence electrons. The van der Waals surface area contributed by atoms with E-state index < -0.39 is 66.2 Å². The molecule has 0 amide bonds. The molecule has 0 aromatic heterocycles. The zero-order valence-corrected chi connectivity index (χ0v) is 37.3. The highest BCUT2D eigenvalue weighted by Crippen LogP contribution is 2.44. The number of unbranched alkanes of at least 4 members (excludes halogenated alkanes) is 13. The zero-order chi connectivity index (χ0) is 42.9. The van der Waals surface area contributed by atoms with Crippen LogP contribution < -0.4 is 0 Å². The molecule has 0 saturated carbocycles. The van der Waals surface area contributed by atoms with Crippen molar-refractivity contribution in [1.29, 1.82) is 0 Å². The van der Waals surface area contributed by atoms with Crippen molar-refractivity contribution in [2.75, 3.05) is 26.4 Å². The molecule has 1 aliphatic rings. The van der Waals surface area contributed by atoms with E-state index in [-0.39, 0.29) is 25.0 Å². The summed E-state index contributed by atoms with van der Waals surface area (Å²) in [7, 11) is -9.69. The lowest BCUT2D eigenvalue weighted by atomic mass is 10.0. The van der Waals surface area contributed by atoms with Crippen LogP contribution in [0.4, 0.5) is 0 Å². The number of phosphoric ester groups is 2. The number of aliphatic hydroxyl groups excluding tert-OH is 1. The molecule has 1 fully saturated rings. The summed E-state index contributed by atoms with van der Waals surface area (Å²) in [4.78, 5) is 52.7. The summed E-state index contributed by atoms with van der Waals surface area (Å²) >= 11 is 0. The summed E-state index contributed by atoms with van der Waals surface area (Å²) in [5.41, 5.74) is 0. The Labute approximate surface area is 348 Å². The van der Waals surface area contributed by atoms with Gasteiger partial charge in [0.25, 0.3) is 0 Å². The van der Waals surface area contributed by atoms with Crippen molar-refractivity contribution in [2.45, 2.75) is 186 Å². The maximum atomic E-state index is 12.7. The van der Waals surface area contributed by atoms with E-state index in [0.717, 1.165) is 50.9 Å². The van der Waals surface area contributed by atoms with Gasteiger partial charge in [-0.15, -0.1) is 0 Å². The minimum absolute atomic E-state index is 0.0480. The number of hydrogen-bond donors (Lipinski definition) is 4. The van der Waals surface area contributed by atoms with E-state index in [1.54, 1.807) is 0 Å². The molecule has 0 aromatic carbocycles. The van der Waals surface area contributed by atoms with Crippen molar-refractivity contribution in [3.8, 4) is 0 Å². The molecule has 3 unspecified atom stereocenters. The average Bonchev–Trinajstić information content (AvgIpc) is 3.92. The van der Waals surface area contributed by atoms with Crippen LogP contribution in [-0.2, 0) is 46.5 Å². The van der Waals surface area contributed by atoms with Crippen molar-refractivity contribution in [3.05, 3.63) is 36.5 Å². The van der Waals surface area contributed by atoms with Crippen molar-refractivity contribution < 1.29 is 66.3 Å². The predicted octanol–water partition coefficient (Wildman–Crippen LogP) is 9.74. The van der Waals surface area contributed by atoms with Gasteiger partial charge >= 0.3 is 27.6 Å². The van der Waals surface area contributed by atoms with Gasteiger partial charge in [-0.05, 0) is 57.3 Å². The predicted molar refractivity (Wildman–Crippen MR) is 225 cm³/mol. The lowest BCUT2D eigenvalue weighted by Gasteiger charge is -2.20. The normalized spacial score (nSPS) is 18.0. The first kappa shape index (κ1) is 54.3. The van der Waals surface area contributed by atoms with Gasteiger partial charge in [-0.3, -0.25) is 23.2 Å². The van der Waals surface area contributed by atoms with E-state index in [0.29, 0.717) is 19.3 Å². The Balaban J connectivity index is 2.42. The number of epoxide rings is 1. The van der Waals surface area contributed by atoms with Crippen molar-refractivity contribution in [2.24, 2.45) is 5.92 Å². The number of ether oxygens (including phenoxy) is 3. The Morgan fingerprint density at radius 2 is 1.17 bits per heavy atom. The lowest BCUT2D eigenvalue weighted by molar-refractivity contribution is -0.161. The first-order valence-corrected chi connectivity index (χ1v) is 24.7. The van der Waals surface area contributed by atoms with E-state index in [4.69, 9.17) is 28.5 Å². The maximum Gasteiger partial charge on any atom is 0.472 e. The van der Waals surface area contributed by atoms with Gasteiger partial charge in [-0.1, -0.05) is 134 Å². The van der Waals surface area contributed by atoms with Crippen molar-refractivity contribution >= 4 is 27.6 Å². The number of allylic oxidation sites excluding steroid dienone is 4. The summed E-state index contributed by atoms with van der Waals surface area (Å²) in [6.07, 6.45) is 31.8. The molecule has 0 aromatic rings. The first-order valence-electron chi connectivity index (χ1n) is 21.7. The molecule has 1 saturated heterocycles. The van der Waals surface area contributed by atoms with Gasteiger partial charge in [0.2, 0.25) is 0 Å². The van der Waals surface area contributed by atoms with E-state index in [1.165, 1.54) is 64.2 Å². The number of phosphoric acid groups is 2. The van der Waals surface area contributed by atoms with Crippen LogP contribution in [0.2, 0.25) is 0 Å². The molecule has 5 atom stereocenters. The molecular weight excluding hydrogens is 790 g/mol. The highest BCUT2D eigenvalue weighted by molar-refractivity contribution is 7.47. The van der Waals surface area contributed by atoms with Gasteiger partial charge in [-0.25, -0.2) is 9.13 Å². The number of rotatable bonds is 39. The average molecular weight is 867 g/mol. The molecule has 0 aliphatic carbocycles. The molecule has 0 spiro atoms. The number of carbonyl (C=O) groups is 2.